The normalized spacial score (nSPS) is 13.7. The van der Waals surface area contributed by atoms with Crippen molar-refractivity contribution in [1.29, 1.82) is 0 Å². The van der Waals surface area contributed by atoms with E-state index in [4.69, 9.17) is 10.5 Å². The molecule has 1 aliphatic carbocycles. The van der Waals surface area contributed by atoms with Crippen LogP contribution in [-0.2, 0) is 16.6 Å². The Kier molecular flexibility index (Phi) is 6.80. The summed E-state index contributed by atoms with van der Waals surface area (Å²) < 4.78 is 35.8. The highest BCUT2D eigenvalue weighted by molar-refractivity contribution is 6.16. The molecule has 11 heteroatoms. The lowest BCUT2D eigenvalue weighted by molar-refractivity contribution is -0.131. The number of nitrogens with one attached hydrogen (secondary N) is 2. The van der Waals surface area contributed by atoms with Gasteiger partial charge in [-0.05, 0) is 67.6 Å². The van der Waals surface area contributed by atoms with Gasteiger partial charge in [0.2, 0.25) is 11.8 Å². The number of benzene rings is 2. The molecule has 0 unspecified atom stereocenters. The van der Waals surface area contributed by atoms with Crippen molar-refractivity contribution in [3.63, 3.8) is 0 Å². The average molecular weight is 531 g/mol. The number of nitrogens with two attached hydrogens (primary N) is 1. The fraction of sp³-hybridized carbons (Fsp3) is 0.143. The summed E-state index contributed by atoms with van der Waals surface area (Å²) in [5, 5.41) is 5.24. The van der Waals surface area contributed by atoms with Crippen LogP contribution in [0.25, 0.3) is 17.3 Å². The molecule has 0 aliphatic heterocycles. The fourth-order valence-corrected chi connectivity index (χ4v) is 3.95. The number of rotatable bonds is 8. The molecular weight excluding hydrogens is 506 g/mol. The molecule has 2 aromatic carbocycles. The molecule has 1 aliphatic rings. The van der Waals surface area contributed by atoms with Gasteiger partial charge in [0.05, 0.1) is 12.0 Å². The van der Waals surface area contributed by atoms with Gasteiger partial charge in [0, 0.05) is 42.4 Å². The zero-order valence-electron chi connectivity index (χ0n) is 20.8. The molecular formula is C28H24F2N6O3. The van der Waals surface area contributed by atoms with E-state index in [1.54, 1.807) is 23.2 Å². The average Bonchev–Trinajstić information content (AvgIpc) is 3.63. The summed E-state index contributed by atoms with van der Waals surface area (Å²) in [5.41, 5.74) is 6.50. The van der Waals surface area contributed by atoms with Crippen LogP contribution in [0.15, 0.2) is 73.5 Å². The molecule has 5 rings (SSSR count). The molecule has 1 fully saturated rings. The second-order valence-corrected chi connectivity index (χ2v) is 9.14. The highest BCUT2D eigenvalue weighted by atomic mass is 19.1. The second kappa shape index (κ2) is 10.4. The number of amides is 2. The standard InChI is InChI=1S/C28H24F2N6O3/c1-36-15-23(33-16-36)17-12-25(22(8-11-31)32-14-17)39-24-7-6-20(13-21(24)30)35-27(38)28(9-10-28)26(37)34-19-4-2-18(29)3-5-19/h2-8,11-16H,9-10,31H2,1H3,(H,34,37)(H,35,38). The number of hydrogen-bond acceptors (Lipinski definition) is 6. The summed E-state index contributed by atoms with van der Waals surface area (Å²) in [6.07, 6.45) is 8.57. The Balaban J connectivity index is 1.31. The van der Waals surface area contributed by atoms with Crippen LogP contribution in [0.1, 0.15) is 18.5 Å². The summed E-state index contributed by atoms with van der Waals surface area (Å²) in [7, 11) is 1.84. The molecule has 39 heavy (non-hydrogen) atoms. The Morgan fingerprint density at radius 1 is 1.00 bits per heavy atom. The van der Waals surface area contributed by atoms with Crippen molar-refractivity contribution < 1.29 is 23.1 Å². The third-order valence-corrected chi connectivity index (χ3v) is 6.27. The Morgan fingerprint density at radius 2 is 1.69 bits per heavy atom. The Morgan fingerprint density at radius 3 is 2.31 bits per heavy atom. The van der Waals surface area contributed by atoms with Crippen molar-refractivity contribution in [2.75, 3.05) is 10.6 Å². The molecule has 2 aromatic heterocycles. The molecule has 9 nitrogen and oxygen atoms in total. The van der Waals surface area contributed by atoms with Gasteiger partial charge in [-0.3, -0.25) is 14.6 Å². The number of hydrogen-bond donors (Lipinski definition) is 3. The van der Waals surface area contributed by atoms with Gasteiger partial charge in [0.1, 0.15) is 16.9 Å². The number of imidazole rings is 1. The largest absolute Gasteiger partial charge is 0.452 e. The molecule has 4 aromatic rings. The van der Waals surface area contributed by atoms with Crippen molar-refractivity contribution in [3.8, 4) is 22.8 Å². The molecule has 2 amide bonds. The van der Waals surface area contributed by atoms with Crippen molar-refractivity contribution >= 4 is 29.3 Å². The molecule has 2 heterocycles. The Bertz CT molecular complexity index is 1580. The molecule has 1 saturated carbocycles. The van der Waals surface area contributed by atoms with E-state index in [9.17, 15) is 14.0 Å². The van der Waals surface area contributed by atoms with Gasteiger partial charge in [0.25, 0.3) is 0 Å². The number of aryl methyl sites for hydroxylation is 1. The Labute approximate surface area is 222 Å². The number of halogens is 2. The molecule has 198 valence electrons. The molecule has 4 N–H and O–H groups in total. The molecule has 0 radical (unpaired) electrons. The number of carbonyl (C=O) groups is 2. The number of nitrogens with zero attached hydrogens (tertiary/aromatic N) is 3. The van der Waals surface area contributed by atoms with Crippen LogP contribution < -0.4 is 21.1 Å². The smallest absolute Gasteiger partial charge is 0.240 e. The van der Waals surface area contributed by atoms with Crippen LogP contribution in [0, 0.1) is 17.0 Å². The lowest BCUT2D eigenvalue weighted by atomic mass is 10.0. The summed E-state index contributed by atoms with van der Waals surface area (Å²) in [4.78, 5) is 34.3. The van der Waals surface area contributed by atoms with E-state index >= 15 is 4.39 Å². The third-order valence-electron chi connectivity index (χ3n) is 6.27. The first-order chi connectivity index (χ1) is 18.8. The van der Waals surface area contributed by atoms with Crippen LogP contribution in [0.5, 0.6) is 11.5 Å². The van der Waals surface area contributed by atoms with Gasteiger partial charge in [-0.1, -0.05) is 0 Å². The highest BCUT2D eigenvalue weighted by Crippen LogP contribution is 2.47. The van der Waals surface area contributed by atoms with E-state index in [2.05, 4.69) is 20.6 Å². The summed E-state index contributed by atoms with van der Waals surface area (Å²) in [6.45, 7) is 0. The number of carbonyl (C=O) groups excluding carboxylic acids is 2. The second-order valence-electron chi connectivity index (χ2n) is 9.14. The minimum atomic E-state index is -1.28. The number of anilines is 2. The van der Waals surface area contributed by atoms with Gasteiger partial charge in [0.15, 0.2) is 17.3 Å². The van der Waals surface area contributed by atoms with E-state index in [-0.39, 0.29) is 17.2 Å². The lowest BCUT2D eigenvalue weighted by Crippen LogP contribution is -2.35. The zero-order valence-corrected chi connectivity index (χ0v) is 20.8. The van der Waals surface area contributed by atoms with Gasteiger partial charge in [-0.15, -0.1) is 0 Å². The van der Waals surface area contributed by atoms with Crippen molar-refractivity contribution in [2.45, 2.75) is 12.8 Å². The third kappa shape index (κ3) is 5.47. The van der Waals surface area contributed by atoms with Crippen molar-refractivity contribution in [1.82, 2.24) is 14.5 Å². The first kappa shape index (κ1) is 25.6. The van der Waals surface area contributed by atoms with E-state index in [0.29, 0.717) is 35.5 Å². The minimum absolute atomic E-state index is 0.102. The van der Waals surface area contributed by atoms with Crippen LogP contribution in [0.4, 0.5) is 20.2 Å². The maximum atomic E-state index is 15.1. The SMILES string of the molecule is Cn1cnc(-c2cnc(C=CN)c(Oc3ccc(NC(=O)C4(C(=O)Nc5ccc(F)cc5)CC4)cc3F)c2)c1. The van der Waals surface area contributed by atoms with Gasteiger partial charge >= 0.3 is 0 Å². The summed E-state index contributed by atoms with van der Waals surface area (Å²) in [5.74, 6) is -2.09. The predicted octanol–water partition coefficient (Wildman–Crippen LogP) is 4.84. The van der Waals surface area contributed by atoms with E-state index in [1.165, 1.54) is 48.7 Å². The summed E-state index contributed by atoms with van der Waals surface area (Å²) in [6, 6.07) is 10.9. The van der Waals surface area contributed by atoms with E-state index in [0.717, 1.165) is 6.07 Å². The molecule has 0 spiro atoms. The maximum absolute atomic E-state index is 15.1. The van der Waals surface area contributed by atoms with Crippen molar-refractivity contribution in [3.05, 3.63) is 90.8 Å². The van der Waals surface area contributed by atoms with Gasteiger partial charge in [-0.2, -0.15) is 0 Å². The van der Waals surface area contributed by atoms with Crippen LogP contribution >= 0.6 is 0 Å². The van der Waals surface area contributed by atoms with Crippen LogP contribution in [0.2, 0.25) is 0 Å². The van der Waals surface area contributed by atoms with Gasteiger partial charge in [-0.25, -0.2) is 13.8 Å². The monoisotopic (exact) mass is 530 g/mol. The predicted molar refractivity (Wildman–Crippen MR) is 141 cm³/mol. The first-order valence-corrected chi connectivity index (χ1v) is 12.0. The summed E-state index contributed by atoms with van der Waals surface area (Å²) >= 11 is 0. The van der Waals surface area contributed by atoms with E-state index < -0.39 is 28.9 Å². The van der Waals surface area contributed by atoms with Crippen LogP contribution in [-0.4, -0.2) is 26.3 Å². The number of aromatic nitrogens is 3. The zero-order chi connectivity index (χ0) is 27.6. The molecule has 0 saturated heterocycles. The minimum Gasteiger partial charge on any atom is -0.452 e. The lowest BCUT2D eigenvalue weighted by Gasteiger charge is -2.16. The topological polar surface area (TPSA) is 124 Å². The molecule has 0 bridgehead atoms. The first-order valence-electron chi connectivity index (χ1n) is 12.0. The van der Waals surface area contributed by atoms with Crippen LogP contribution in [0.3, 0.4) is 0 Å². The number of ether oxygens (including phenoxy) is 1. The van der Waals surface area contributed by atoms with E-state index in [1.807, 2.05) is 13.2 Å². The highest BCUT2D eigenvalue weighted by Gasteiger charge is 2.56. The molecule has 0 atom stereocenters. The maximum Gasteiger partial charge on any atom is 0.240 e. The van der Waals surface area contributed by atoms with Crippen molar-refractivity contribution in [2.24, 2.45) is 18.2 Å². The fourth-order valence-electron chi connectivity index (χ4n) is 3.95. The Hall–Kier alpha value is -5.06. The van der Waals surface area contributed by atoms with Gasteiger partial charge < -0.3 is 25.7 Å². The quantitative estimate of drug-likeness (QED) is 0.280. The number of pyridine rings is 1.